The largest absolute Gasteiger partial charge is 0.492 e. The number of ether oxygens (including phenoxy) is 3. The van der Waals surface area contributed by atoms with E-state index < -0.39 is 0 Å². The van der Waals surface area contributed by atoms with Gasteiger partial charge < -0.3 is 34.8 Å². The van der Waals surface area contributed by atoms with E-state index in [0.29, 0.717) is 63.6 Å². The number of nitrogens with zero attached hydrogens (tertiary/aromatic N) is 2. The molecule has 4 N–H and O–H groups in total. The summed E-state index contributed by atoms with van der Waals surface area (Å²) < 4.78 is 18.0. The highest BCUT2D eigenvalue weighted by atomic mass is 35.5. The third-order valence-corrected chi connectivity index (χ3v) is 7.82. The van der Waals surface area contributed by atoms with E-state index in [-0.39, 0.29) is 39.1 Å². The maximum atomic E-state index is 9.87. The molecule has 1 aromatic heterocycles. The Balaban J connectivity index is 1.45. The van der Waals surface area contributed by atoms with Gasteiger partial charge in [0.1, 0.15) is 36.5 Å². The second-order valence-corrected chi connectivity index (χ2v) is 11.0. The predicted octanol–water partition coefficient (Wildman–Crippen LogP) is 5.60. The second kappa shape index (κ2) is 17.0. The molecule has 0 aliphatic carbocycles. The molecule has 0 saturated heterocycles. The van der Waals surface area contributed by atoms with E-state index in [0.717, 1.165) is 22.3 Å². The van der Waals surface area contributed by atoms with E-state index in [2.05, 4.69) is 16.4 Å². The lowest BCUT2D eigenvalue weighted by molar-refractivity contribution is 0.169. The SMILES string of the molecule is Cc1c(COc2cc(OCc3cncc(C#N)c3)c(CO)cc2Cl)cccc1-c1cccc(OCCCNC(CO)CO)c1Cl. The van der Waals surface area contributed by atoms with E-state index in [1.165, 1.54) is 6.20 Å². The number of benzene rings is 3. The molecular formula is C34H35Cl2N3O6. The lowest BCUT2D eigenvalue weighted by Crippen LogP contribution is -2.36. The molecule has 0 aliphatic heterocycles. The molecule has 0 saturated carbocycles. The molecule has 0 atom stereocenters. The Kier molecular flexibility index (Phi) is 12.8. The highest BCUT2D eigenvalue weighted by Gasteiger charge is 2.16. The van der Waals surface area contributed by atoms with Crippen LogP contribution in [0.5, 0.6) is 17.2 Å². The zero-order valence-corrected chi connectivity index (χ0v) is 26.3. The van der Waals surface area contributed by atoms with Crippen molar-refractivity contribution in [3.63, 3.8) is 0 Å². The van der Waals surface area contributed by atoms with Crippen molar-refractivity contribution in [3.8, 4) is 34.4 Å². The molecule has 236 valence electrons. The molecule has 0 aliphatic rings. The lowest BCUT2D eigenvalue weighted by atomic mass is 9.96. The second-order valence-electron chi connectivity index (χ2n) is 10.2. The molecule has 45 heavy (non-hydrogen) atoms. The highest BCUT2D eigenvalue weighted by Crippen LogP contribution is 2.38. The Labute approximate surface area is 272 Å². The summed E-state index contributed by atoms with van der Waals surface area (Å²) in [5.74, 6) is 1.37. The van der Waals surface area contributed by atoms with Crippen LogP contribution in [0.2, 0.25) is 10.0 Å². The Morgan fingerprint density at radius 1 is 0.867 bits per heavy atom. The summed E-state index contributed by atoms with van der Waals surface area (Å²) >= 11 is 13.3. The average Bonchev–Trinajstić information content (AvgIpc) is 3.06. The number of aromatic nitrogens is 1. The zero-order chi connectivity index (χ0) is 32.2. The van der Waals surface area contributed by atoms with Crippen LogP contribution in [0, 0.1) is 18.3 Å². The highest BCUT2D eigenvalue weighted by molar-refractivity contribution is 6.35. The first kappa shape index (κ1) is 34.0. The molecule has 0 spiro atoms. The first-order chi connectivity index (χ1) is 21.9. The summed E-state index contributed by atoms with van der Waals surface area (Å²) in [6.45, 7) is 2.81. The van der Waals surface area contributed by atoms with Crippen molar-refractivity contribution in [2.75, 3.05) is 26.4 Å². The van der Waals surface area contributed by atoms with Gasteiger partial charge in [0.05, 0.1) is 48.1 Å². The molecule has 0 bridgehead atoms. The fourth-order valence-corrected chi connectivity index (χ4v) is 5.12. The van der Waals surface area contributed by atoms with Crippen molar-refractivity contribution in [2.45, 2.75) is 39.2 Å². The van der Waals surface area contributed by atoms with E-state index in [1.54, 1.807) is 24.4 Å². The normalized spacial score (nSPS) is 11.0. The van der Waals surface area contributed by atoms with E-state index in [9.17, 15) is 15.3 Å². The third kappa shape index (κ3) is 9.08. The number of aliphatic hydroxyl groups excluding tert-OH is 3. The van der Waals surface area contributed by atoms with Crippen LogP contribution in [0.4, 0.5) is 0 Å². The van der Waals surface area contributed by atoms with E-state index in [4.69, 9.17) is 42.7 Å². The van der Waals surface area contributed by atoms with Crippen LogP contribution < -0.4 is 19.5 Å². The van der Waals surface area contributed by atoms with Gasteiger partial charge in [-0.15, -0.1) is 0 Å². The van der Waals surface area contributed by atoms with Gasteiger partial charge in [0.15, 0.2) is 0 Å². The molecule has 0 unspecified atom stereocenters. The Bertz CT molecular complexity index is 1620. The minimum atomic E-state index is -0.348. The van der Waals surface area contributed by atoms with Gasteiger partial charge in [-0.05, 0) is 54.8 Å². The number of hydrogen-bond donors (Lipinski definition) is 4. The van der Waals surface area contributed by atoms with Gasteiger partial charge in [-0.1, -0.05) is 53.5 Å². The molecule has 0 radical (unpaired) electrons. The summed E-state index contributed by atoms with van der Waals surface area (Å²) in [5.41, 5.74) is 5.29. The number of hydrogen-bond acceptors (Lipinski definition) is 9. The molecule has 4 aromatic rings. The first-order valence-corrected chi connectivity index (χ1v) is 15.1. The summed E-state index contributed by atoms with van der Waals surface area (Å²) in [6.07, 6.45) is 3.76. The quantitative estimate of drug-likeness (QED) is 0.114. The maximum Gasteiger partial charge on any atom is 0.142 e. The van der Waals surface area contributed by atoms with Gasteiger partial charge in [-0.3, -0.25) is 4.98 Å². The van der Waals surface area contributed by atoms with Gasteiger partial charge in [0.2, 0.25) is 0 Å². The number of halogens is 2. The average molecular weight is 653 g/mol. The minimum absolute atomic E-state index is 0.133. The van der Waals surface area contributed by atoms with Gasteiger partial charge >= 0.3 is 0 Å². The minimum Gasteiger partial charge on any atom is -0.492 e. The molecule has 4 rings (SSSR count). The van der Waals surface area contributed by atoms with Crippen molar-refractivity contribution in [1.29, 1.82) is 5.26 Å². The van der Waals surface area contributed by atoms with Crippen LogP contribution in [0.25, 0.3) is 11.1 Å². The van der Waals surface area contributed by atoms with E-state index >= 15 is 0 Å². The first-order valence-electron chi connectivity index (χ1n) is 14.4. The van der Waals surface area contributed by atoms with Crippen molar-refractivity contribution >= 4 is 23.2 Å². The van der Waals surface area contributed by atoms with Crippen molar-refractivity contribution in [2.24, 2.45) is 0 Å². The van der Waals surface area contributed by atoms with Crippen LogP contribution in [-0.4, -0.2) is 52.7 Å². The third-order valence-electron chi connectivity index (χ3n) is 7.14. The van der Waals surface area contributed by atoms with Crippen LogP contribution in [0.3, 0.4) is 0 Å². The van der Waals surface area contributed by atoms with Crippen LogP contribution in [-0.2, 0) is 19.8 Å². The summed E-state index contributed by atoms with van der Waals surface area (Å²) in [6, 6.07) is 18.2. The Hall–Kier alpha value is -3.88. The molecule has 1 heterocycles. The summed E-state index contributed by atoms with van der Waals surface area (Å²) in [5, 5.41) is 41.2. The smallest absolute Gasteiger partial charge is 0.142 e. The standard InChI is InChI=1S/C34H35Cl2N3O6/c1-22-25(5-2-6-28(22)29-7-3-8-31(34(29)36)43-10-4-9-39-27(18-41)19-42)21-45-33-13-32(26(17-40)12-30(33)35)44-20-24-11-23(14-37)15-38-16-24/h2-3,5-8,11-13,15-16,27,39-42H,4,9-10,17-21H2,1H3. The monoisotopic (exact) mass is 651 g/mol. The van der Waals surface area contributed by atoms with Gasteiger partial charge in [0, 0.05) is 35.2 Å². The fraction of sp³-hybridized carbons (Fsp3) is 0.294. The summed E-state index contributed by atoms with van der Waals surface area (Å²) in [4.78, 5) is 4.05. The predicted molar refractivity (Wildman–Crippen MR) is 173 cm³/mol. The molecule has 9 nitrogen and oxygen atoms in total. The van der Waals surface area contributed by atoms with Gasteiger partial charge in [-0.25, -0.2) is 0 Å². The van der Waals surface area contributed by atoms with Crippen molar-refractivity contribution in [1.82, 2.24) is 10.3 Å². The van der Waals surface area contributed by atoms with Crippen molar-refractivity contribution in [3.05, 3.63) is 105 Å². The molecule has 11 heteroatoms. The maximum absolute atomic E-state index is 9.87. The Morgan fingerprint density at radius 2 is 1.62 bits per heavy atom. The van der Waals surface area contributed by atoms with Crippen LogP contribution >= 0.6 is 23.2 Å². The van der Waals surface area contributed by atoms with E-state index in [1.807, 2.05) is 43.3 Å². The lowest BCUT2D eigenvalue weighted by Gasteiger charge is -2.17. The molecule has 0 amide bonds. The van der Waals surface area contributed by atoms with Crippen LogP contribution in [0.1, 0.15) is 34.2 Å². The summed E-state index contributed by atoms with van der Waals surface area (Å²) in [7, 11) is 0. The van der Waals surface area contributed by atoms with Gasteiger partial charge in [-0.2, -0.15) is 5.26 Å². The fourth-order valence-electron chi connectivity index (χ4n) is 4.60. The number of aliphatic hydroxyl groups is 3. The Morgan fingerprint density at radius 3 is 2.38 bits per heavy atom. The molecular weight excluding hydrogens is 617 g/mol. The number of nitrogens with one attached hydrogen (secondary N) is 1. The number of rotatable bonds is 16. The zero-order valence-electron chi connectivity index (χ0n) is 24.8. The molecule has 3 aromatic carbocycles. The van der Waals surface area contributed by atoms with Crippen LogP contribution in [0.15, 0.2) is 67.0 Å². The topological polar surface area (TPSA) is 137 Å². The van der Waals surface area contributed by atoms with Gasteiger partial charge in [0.25, 0.3) is 0 Å². The van der Waals surface area contributed by atoms with Crippen molar-refractivity contribution < 1.29 is 29.5 Å². The number of nitriles is 1. The number of pyridine rings is 1. The molecule has 0 fully saturated rings.